The number of benzene rings is 1. The van der Waals surface area contributed by atoms with Gasteiger partial charge in [-0.3, -0.25) is 9.69 Å². The van der Waals surface area contributed by atoms with E-state index in [9.17, 15) is 18.0 Å². The number of alkyl halides is 3. The minimum absolute atomic E-state index is 0.0593. The van der Waals surface area contributed by atoms with Crippen molar-refractivity contribution in [2.45, 2.75) is 39.2 Å². The molecule has 0 saturated heterocycles. The number of nitrogens with zero attached hydrogens (tertiary/aromatic N) is 3. The van der Waals surface area contributed by atoms with Gasteiger partial charge in [-0.2, -0.15) is 18.4 Å². The van der Waals surface area contributed by atoms with Gasteiger partial charge >= 0.3 is 6.18 Å². The summed E-state index contributed by atoms with van der Waals surface area (Å²) >= 11 is 0. The molecule has 1 aromatic heterocycles. The predicted molar refractivity (Wildman–Crippen MR) is 96.9 cm³/mol. The van der Waals surface area contributed by atoms with Crippen LogP contribution in [0.2, 0.25) is 0 Å². The minimum atomic E-state index is -4.50. The average molecular weight is 393 g/mol. The Kier molecular flexibility index (Phi) is 7.24. The van der Waals surface area contributed by atoms with Gasteiger partial charge in [-0.15, -0.1) is 0 Å². The maximum absolute atomic E-state index is 12.9. The second-order valence-electron chi connectivity index (χ2n) is 6.75. The number of rotatable bonds is 8. The van der Waals surface area contributed by atoms with Gasteiger partial charge in [0.05, 0.1) is 31.0 Å². The number of nitriles is 1. The molecule has 0 N–H and O–H groups in total. The first kappa shape index (κ1) is 21.5. The van der Waals surface area contributed by atoms with E-state index in [1.807, 2.05) is 19.9 Å². The zero-order valence-corrected chi connectivity index (χ0v) is 15.7. The first-order valence-corrected chi connectivity index (χ1v) is 8.78. The first-order chi connectivity index (χ1) is 13.2. The monoisotopic (exact) mass is 393 g/mol. The molecule has 1 aromatic carbocycles. The molecule has 0 spiro atoms. The number of carbonyl (C=O) groups excluding carboxylic acids is 1. The van der Waals surface area contributed by atoms with Gasteiger partial charge in [-0.1, -0.05) is 12.1 Å². The molecule has 0 aliphatic carbocycles. The number of amides is 1. The quantitative estimate of drug-likeness (QED) is 0.681. The minimum Gasteiger partial charge on any atom is -0.467 e. The molecule has 0 aliphatic rings. The Morgan fingerprint density at radius 3 is 2.36 bits per heavy atom. The summed E-state index contributed by atoms with van der Waals surface area (Å²) < 4.78 is 43.9. The second-order valence-corrected chi connectivity index (χ2v) is 6.75. The Hall–Kier alpha value is -2.79. The van der Waals surface area contributed by atoms with Crippen LogP contribution in [0.15, 0.2) is 47.1 Å². The molecule has 0 bridgehead atoms. The van der Waals surface area contributed by atoms with Crippen LogP contribution in [-0.4, -0.2) is 41.0 Å². The molecule has 2 rings (SSSR count). The summed E-state index contributed by atoms with van der Waals surface area (Å²) in [6.45, 7) is 2.39. The maximum atomic E-state index is 12.9. The summed E-state index contributed by atoms with van der Waals surface area (Å²) in [5.74, 6) is -0.336. The van der Waals surface area contributed by atoms with Crippen LogP contribution >= 0.6 is 0 Å². The molecule has 2 aromatic rings. The van der Waals surface area contributed by atoms with Gasteiger partial charge < -0.3 is 9.32 Å². The molecule has 0 unspecified atom stereocenters. The van der Waals surface area contributed by atoms with Crippen LogP contribution in [0.5, 0.6) is 0 Å². The molecule has 0 saturated carbocycles. The zero-order chi connectivity index (χ0) is 20.7. The number of hydrogen-bond acceptors (Lipinski definition) is 4. The van der Waals surface area contributed by atoms with Gasteiger partial charge in [0.25, 0.3) is 0 Å². The molecule has 0 radical (unpaired) electrons. The third-order valence-electron chi connectivity index (χ3n) is 4.19. The Morgan fingerprint density at radius 2 is 1.86 bits per heavy atom. The molecule has 1 heterocycles. The predicted octanol–water partition coefficient (Wildman–Crippen LogP) is 3.95. The lowest BCUT2D eigenvalue weighted by Gasteiger charge is -2.30. The lowest BCUT2D eigenvalue weighted by atomic mass is 10.1. The van der Waals surface area contributed by atoms with Crippen molar-refractivity contribution < 1.29 is 22.4 Å². The highest BCUT2D eigenvalue weighted by Gasteiger charge is 2.34. The summed E-state index contributed by atoms with van der Waals surface area (Å²) in [5.41, 5.74) is 1.39. The smallest absolute Gasteiger partial charge is 0.406 e. The van der Waals surface area contributed by atoms with E-state index in [1.165, 1.54) is 12.3 Å². The lowest BCUT2D eigenvalue weighted by Crippen LogP contribution is -2.45. The Morgan fingerprint density at radius 1 is 1.18 bits per heavy atom. The largest absolute Gasteiger partial charge is 0.467 e. The number of hydrogen-bond donors (Lipinski definition) is 0. The second kappa shape index (κ2) is 9.42. The highest BCUT2D eigenvalue weighted by Crippen LogP contribution is 2.19. The van der Waals surface area contributed by atoms with Crippen LogP contribution in [0.3, 0.4) is 0 Å². The molecule has 0 aliphatic heterocycles. The Balaban J connectivity index is 2.10. The van der Waals surface area contributed by atoms with Crippen molar-refractivity contribution in [1.82, 2.24) is 9.80 Å². The van der Waals surface area contributed by atoms with Crippen molar-refractivity contribution in [2.24, 2.45) is 0 Å². The van der Waals surface area contributed by atoms with Crippen molar-refractivity contribution >= 4 is 5.91 Å². The van der Waals surface area contributed by atoms with Gasteiger partial charge in [0, 0.05) is 12.6 Å². The van der Waals surface area contributed by atoms with E-state index in [4.69, 9.17) is 9.68 Å². The molecular formula is C20H22F3N3O2. The molecule has 28 heavy (non-hydrogen) atoms. The van der Waals surface area contributed by atoms with Crippen LogP contribution in [0, 0.1) is 11.3 Å². The van der Waals surface area contributed by atoms with Crippen molar-refractivity contribution in [1.29, 1.82) is 5.26 Å². The van der Waals surface area contributed by atoms with Crippen LogP contribution < -0.4 is 0 Å². The lowest BCUT2D eigenvalue weighted by molar-refractivity contribution is -0.163. The van der Waals surface area contributed by atoms with E-state index in [0.717, 1.165) is 10.5 Å². The number of carbonyl (C=O) groups is 1. The van der Waals surface area contributed by atoms with E-state index in [-0.39, 0.29) is 19.1 Å². The molecule has 0 fully saturated rings. The highest BCUT2D eigenvalue weighted by molar-refractivity contribution is 5.78. The fourth-order valence-corrected chi connectivity index (χ4v) is 2.65. The zero-order valence-electron chi connectivity index (χ0n) is 15.7. The van der Waals surface area contributed by atoms with E-state index < -0.39 is 18.6 Å². The summed E-state index contributed by atoms with van der Waals surface area (Å²) in [4.78, 5) is 15.2. The van der Waals surface area contributed by atoms with Gasteiger partial charge in [-0.05, 0) is 43.7 Å². The van der Waals surface area contributed by atoms with Crippen LogP contribution in [0.4, 0.5) is 13.2 Å². The van der Waals surface area contributed by atoms with Crippen molar-refractivity contribution in [3.63, 3.8) is 0 Å². The van der Waals surface area contributed by atoms with Crippen molar-refractivity contribution in [2.75, 3.05) is 13.1 Å². The van der Waals surface area contributed by atoms with Crippen molar-refractivity contribution in [3.8, 4) is 6.07 Å². The van der Waals surface area contributed by atoms with Gasteiger partial charge in [0.1, 0.15) is 12.3 Å². The standard InChI is InChI=1S/C20H22F3N3O2/c1-15(2)25(11-17-7-5-16(10-24)6-8-17)13-19(27)26(14-20(21,22)23)12-18-4-3-9-28-18/h3-9,15H,11-14H2,1-2H3. The first-order valence-electron chi connectivity index (χ1n) is 8.78. The van der Waals surface area contributed by atoms with Gasteiger partial charge in [0.2, 0.25) is 5.91 Å². The maximum Gasteiger partial charge on any atom is 0.406 e. The number of furan rings is 1. The highest BCUT2D eigenvalue weighted by atomic mass is 19.4. The van der Waals surface area contributed by atoms with Gasteiger partial charge in [0.15, 0.2) is 0 Å². The molecular weight excluding hydrogens is 371 g/mol. The fraction of sp³-hybridized carbons (Fsp3) is 0.400. The summed E-state index contributed by atoms with van der Waals surface area (Å²) in [7, 11) is 0. The van der Waals surface area contributed by atoms with E-state index in [1.54, 1.807) is 35.2 Å². The van der Waals surface area contributed by atoms with Crippen LogP contribution in [0.1, 0.15) is 30.7 Å². The fourth-order valence-electron chi connectivity index (χ4n) is 2.65. The molecule has 5 nitrogen and oxygen atoms in total. The summed E-state index contributed by atoms with van der Waals surface area (Å²) in [5, 5.41) is 8.87. The van der Waals surface area contributed by atoms with Gasteiger partial charge in [-0.25, -0.2) is 0 Å². The van der Waals surface area contributed by atoms with E-state index in [2.05, 4.69) is 0 Å². The van der Waals surface area contributed by atoms with Crippen LogP contribution in [0.25, 0.3) is 0 Å². The Labute approximate surface area is 162 Å². The molecule has 8 heteroatoms. The molecule has 150 valence electrons. The number of halogens is 3. The third-order valence-corrected chi connectivity index (χ3v) is 4.19. The third kappa shape index (κ3) is 6.74. The normalized spacial score (nSPS) is 11.6. The van der Waals surface area contributed by atoms with E-state index >= 15 is 0 Å². The topological polar surface area (TPSA) is 60.5 Å². The SMILES string of the molecule is CC(C)N(CC(=O)N(Cc1ccco1)CC(F)(F)F)Cc1ccc(C#N)cc1. The summed E-state index contributed by atoms with van der Waals surface area (Å²) in [6, 6.07) is 12.0. The molecule has 1 amide bonds. The average Bonchev–Trinajstić information content (AvgIpc) is 3.13. The Bertz CT molecular complexity index is 794. The van der Waals surface area contributed by atoms with E-state index in [0.29, 0.717) is 17.9 Å². The van der Waals surface area contributed by atoms with Crippen molar-refractivity contribution in [3.05, 3.63) is 59.5 Å². The summed E-state index contributed by atoms with van der Waals surface area (Å²) in [6.07, 6.45) is -3.14. The van der Waals surface area contributed by atoms with Crippen LogP contribution in [-0.2, 0) is 17.9 Å². The molecule has 0 atom stereocenters.